The molecule has 0 radical (unpaired) electrons. The third kappa shape index (κ3) is 3.68. The van der Waals surface area contributed by atoms with Crippen LogP contribution in [-0.2, 0) is 16.6 Å². The van der Waals surface area contributed by atoms with Crippen LogP contribution in [0.5, 0.6) is 0 Å². The first-order valence-electron chi connectivity index (χ1n) is 9.00. The van der Waals surface area contributed by atoms with E-state index in [1.165, 1.54) is 0 Å². The molecule has 4 rings (SSSR count). The Kier molecular flexibility index (Phi) is 5.58. The molecule has 2 saturated heterocycles. The molecule has 2 unspecified atom stereocenters. The quantitative estimate of drug-likeness (QED) is 0.669. The lowest BCUT2D eigenvalue weighted by Gasteiger charge is -2.33. The molecule has 28 heavy (non-hydrogen) atoms. The van der Waals surface area contributed by atoms with Crippen molar-refractivity contribution in [1.82, 2.24) is 20.4 Å². The average Bonchev–Trinajstić information content (AvgIpc) is 2.93. The van der Waals surface area contributed by atoms with Crippen molar-refractivity contribution in [2.45, 2.75) is 37.1 Å². The minimum atomic E-state index is -2.82. The van der Waals surface area contributed by atoms with E-state index >= 15 is 0 Å². The van der Waals surface area contributed by atoms with Crippen molar-refractivity contribution in [2.75, 3.05) is 18.4 Å². The topological polar surface area (TPSA) is 88.0 Å². The van der Waals surface area contributed by atoms with Crippen LogP contribution in [0.25, 0.3) is 10.9 Å². The summed E-state index contributed by atoms with van der Waals surface area (Å²) < 4.78 is 29.7. The highest BCUT2D eigenvalue weighted by Crippen LogP contribution is 2.33. The molecule has 0 saturated carbocycles. The highest BCUT2D eigenvalue weighted by atomic mass is 35.5. The number of nitrogens with zero attached hydrogens (tertiary/aromatic N) is 2. The molecule has 152 valence electrons. The van der Waals surface area contributed by atoms with E-state index in [1.807, 2.05) is 0 Å². The number of hydrogen-bond acceptors (Lipinski definition) is 5. The van der Waals surface area contributed by atoms with Gasteiger partial charge in [-0.2, -0.15) is 5.10 Å². The Balaban J connectivity index is 0.00000225. The van der Waals surface area contributed by atoms with Crippen LogP contribution in [0.2, 0.25) is 0 Å². The van der Waals surface area contributed by atoms with E-state index in [2.05, 4.69) is 21.0 Å². The van der Waals surface area contributed by atoms with Crippen LogP contribution in [0.3, 0.4) is 0 Å². The van der Waals surface area contributed by atoms with Gasteiger partial charge in [0.05, 0.1) is 29.7 Å². The predicted octanol–water partition coefficient (Wildman–Crippen LogP) is 1.92. The molecule has 0 bridgehead atoms. The van der Waals surface area contributed by atoms with Crippen LogP contribution in [0, 0.1) is 0 Å². The maximum Gasteiger partial charge on any atom is 0.279 e. The van der Waals surface area contributed by atoms with Gasteiger partial charge in [-0.25, -0.2) is 8.78 Å². The predicted molar refractivity (Wildman–Crippen MR) is 103 cm³/mol. The molecule has 3 heterocycles. The van der Waals surface area contributed by atoms with Crippen molar-refractivity contribution in [2.24, 2.45) is 7.05 Å². The number of carbonyl (C=O) groups is 2. The fourth-order valence-corrected chi connectivity index (χ4v) is 3.80. The maximum atomic E-state index is 14.1. The number of halogens is 3. The number of anilines is 1. The summed E-state index contributed by atoms with van der Waals surface area (Å²) in [7, 11) is 1.75. The molecular formula is C18H22ClF2N5O2. The zero-order valence-corrected chi connectivity index (χ0v) is 16.1. The molecule has 2 aliphatic heterocycles. The maximum absolute atomic E-state index is 14.1. The van der Waals surface area contributed by atoms with E-state index in [1.54, 1.807) is 29.9 Å². The number of amides is 2. The van der Waals surface area contributed by atoms with Crippen LogP contribution in [0.4, 0.5) is 14.5 Å². The summed E-state index contributed by atoms with van der Waals surface area (Å²) in [6.07, 6.45) is 1.02. The smallest absolute Gasteiger partial charge is 0.279 e. The molecular weight excluding hydrogens is 392 g/mol. The summed E-state index contributed by atoms with van der Waals surface area (Å²) in [5.41, 5.74) is 1.94. The largest absolute Gasteiger partial charge is 0.376 e. The van der Waals surface area contributed by atoms with E-state index in [4.69, 9.17) is 0 Å². The number of hydrogen-bond donors (Lipinski definition) is 3. The van der Waals surface area contributed by atoms with Crippen molar-refractivity contribution in [3.63, 3.8) is 0 Å². The van der Waals surface area contributed by atoms with Crippen LogP contribution in [-0.4, -0.2) is 46.6 Å². The summed E-state index contributed by atoms with van der Waals surface area (Å²) >= 11 is 0. The minimum Gasteiger partial charge on any atom is -0.376 e. The number of fused-ring (bicyclic) bond motifs is 1. The van der Waals surface area contributed by atoms with Crippen LogP contribution in [0.1, 0.15) is 30.9 Å². The molecule has 2 aromatic rings. The Bertz CT molecular complexity index is 917. The van der Waals surface area contributed by atoms with Gasteiger partial charge in [0, 0.05) is 24.5 Å². The molecule has 1 aromatic carbocycles. The van der Waals surface area contributed by atoms with Crippen molar-refractivity contribution in [3.05, 3.63) is 23.9 Å². The summed E-state index contributed by atoms with van der Waals surface area (Å²) in [5.74, 6) is -3.93. The second-order valence-corrected chi connectivity index (χ2v) is 7.17. The molecule has 0 aliphatic carbocycles. The Labute approximate surface area is 166 Å². The molecule has 7 nitrogen and oxygen atoms in total. The van der Waals surface area contributed by atoms with Gasteiger partial charge in [0.15, 0.2) is 0 Å². The fourth-order valence-electron chi connectivity index (χ4n) is 3.80. The summed E-state index contributed by atoms with van der Waals surface area (Å²) in [6, 6.07) is 4.37. The average molecular weight is 414 g/mol. The molecule has 3 N–H and O–H groups in total. The lowest BCUT2D eigenvalue weighted by atomic mass is 9.93. The fraction of sp³-hybridized carbons (Fsp3) is 0.500. The number of aryl methyl sites for hydroxylation is 1. The summed E-state index contributed by atoms with van der Waals surface area (Å²) in [6.45, 7) is 0.207. The standard InChI is InChI=1S/C18H21F2N5O2.ClH/c1-25-13-8-10(22-14-6-7-21-9-18(14,19)20)2-3-11(13)16(24-25)12-4-5-15(26)23-17(12)27;/h2-3,8,12,14,21-22H,4-7,9H2,1H3,(H,23,26,27);1H. The third-order valence-electron chi connectivity index (χ3n) is 5.27. The van der Waals surface area contributed by atoms with E-state index < -0.39 is 17.9 Å². The molecule has 0 spiro atoms. The zero-order chi connectivity index (χ0) is 19.2. The molecule has 2 fully saturated rings. The van der Waals surface area contributed by atoms with Crippen molar-refractivity contribution >= 4 is 40.8 Å². The number of nitrogens with one attached hydrogen (secondary N) is 3. The van der Waals surface area contributed by atoms with E-state index in [9.17, 15) is 18.4 Å². The van der Waals surface area contributed by atoms with Crippen molar-refractivity contribution in [3.8, 4) is 0 Å². The number of carbonyl (C=O) groups excluding carboxylic acids is 2. The normalized spacial score (nSPS) is 24.5. The van der Waals surface area contributed by atoms with Gasteiger partial charge in [0.1, 0.15) is 0 Å². The van der Waals surface area contributed by atoms with Crippen molar-refractivity contribution < 1.29 is 18.4 Å². The molecule has 2 aliphatic rings. The van der Waals surface area contributed by atoms with Gasteiger partial charge in [-0.1, -0.05) is 0 Å². The van der Waals surface area contributed by atoms with Crippen LogP contribution < -0.4 is 16.0 Å². The number of rotatable bonds is 3. The first kappa shape index (κ1) is 20.5. The van der Waals surface area contributed by atoms with Gasteiger partial charge in [-0.05, 0) is 37.6 Å². The minimum absolute atomic E-state index is 0. The van der Waals surface area contributed by atoms with E-state index in [0.29, 0.717) is 30.8 Å². The molecule has 2 amide bonds. The molecule has 10 heteroatoms. The van der Waals surface area contributed by atoms with E-state index in [-0.39, 0.29) is 37.2 Å². The zero-order valence-electron chi connectivity index (χ0n) is 15.3. The van der Waals surface area contributed by atoms with Gasteiger partial charge >= 0.3 is 0 Å². The van der Waals surface area contributed by atoms with Gasteiger partial charge in [0.2, 0.25) is 11.8 Å². The SMILES string of the molecule is Cl.Cn1nc(C2CCC(=O)NC2=O)c2ccc(NC3CCNCC3(F)F)cc21. The van der Waals surface area contributed by atoms with Gasteiger partial charge in [-0.15, -0.1) is 12.4 Å². The molecule has 2 atom stereocenters. The second kappa shape index (κ2) is 7.63. The number of benzene rings is 1. The first-order valence-corrected chi connectivity index (χ1v) is 9.00. The lowest BCUT2D eigenvalue weighted by Crippen LogP contribution is -2.52. The number of aromatic nitrogens is 2. The number of alkyl halides is 2. The highest BCUT2D eigenvalue weighted by molar-refractivity contribution is 6.02. The molecule has 1 aromatic heterocycles. The van der Waals surface area contributed by atoms with Gasteiger partial charge in [0.25, 0.3) is 5.92 Å². The monoisotopic (exact) mass is 413 g/mol. The van der Waals surface area contributed by atoms with Crippen LogP contribution >= 0.6 is 12.4 Å². The van der Waals surface area contributed by atoms with Crippen LogP contribution in [0.15, 0.2) is 18.2 Å². The van der Waals surface area contributed by atoms with E-state index in [0.717, 1.165) is 10.9 Å². The Morgan fingerprint density at radius 2 is 2.07 bits per heavy atom. The van der Waals surface area contributed by atoms with Gasteiger partial charge < -0.3 is 10.6 Å². The Morgan fingerprint density at radius 3 is 2.79 bits per heavy atom. The first-order chi connectivity index (χ1) is 12.8. The van der Waals surface area contributed by atoms with Crippen molar-refractivity contribution in [1.29, 1.82) is 0 Å². The Morgan fingerprint density at radius 1 is 1.29 bits per heavy atom. The van der Waals surface area contributed by atoms with Gasteiger partial charge in [-0.3, -0.25) is 19.6 Å². The summed E-state index contributed by atoms with van der Waals surface area (Å²) in [5, 5.41) is 13.2. The summed E-state index contributed by atoms with van der Waals surface area (Å²) in [4.78, 5) is 23.6. The third-order valence-corrected chi connectivity index (χ3v) is 5.27. The lowest BCUT2D eigenvalue weighted by molar-refractivity contribution is -0.134. The number of piperidine rings is 2. The highest BCUT2D eigenvalue weighted by Gasteiger charge is 2.41. The second-order valence-electron chi connectivity index (χ2n) is 7.17. The Hall–Kier alpha value is -2.26. The number of imide groups is 1.